The van der Waals surface area contributed by atoms with Crippen molar-refractivity contribution in [3.05, 3.63) is 6.33 Å². The van der Waals surface area contributed by atoms with Crippen LogP contribution in [-0.2, 0) is 4.79 Å². The summed E-state index contributed by atoms with van der Waals surface area (Å²) < 4.78 is 0. The number of hydrogen-bond donors (Lipinski definition) is 3. The van der Waals surface area contributed by atoms with Crippen molar-refractivity contribution in [3.63, 3.8) is 0 Å². The Morgan fingerprint density at radius 2 is 2.53 bits per heavy atom. The second-order valence-electron chi connectivity index (χ2n) is 4.42. The Labute approximate surface area is 104 Å². The number of carbonyl (C=O) groups excluding carboxylic acids is 1. The second kappa shape index (κ2) is 5.05. The Balaban J connectivity index is 1.84. The molecule has 2 atom stereocenters. The summed E-state index contributed by atoms with van der Waals surface area (Å²) in [5.41, 5.74) is 10.7. The maximum Gasteiger partial charge on any atom is 0.237 e. The van der Waals surface area contributed by atoms with E-state index in [1.807, 2.05) is 0 Å². The molecule has 1 amide bonds. The summed E-state index contributed by atoms with van der Waals surface area (Å²) in [5.74, 6) is 0.687. The highest BCUT2D eigenvalue weighted by atomic mass is 32.2. The van der Waals surface area contributed by atoms with E-state index in [2.05, 4.69) is 15.2 Å². The maximum absolute atomic E-state index is 11.4. The molecule has 1 aliphatic carbocycles. The summed E-state index contributed by atoms with van der Waals surface area (Å²) in [4.78, 5) is 15.4. The van der Waals surface area contributed by atoms with Gasteiger partial charge in [-0.1, -0.05) is 18.2 Å². The van der Waals surface area contributed by atoms with Crippen LogP contribution in [0.2, 0.25) is 0 Å². The molecule has 6 nitrogen and oxygen atoms in total. The third-order valence-corrected chi connectivity index (χ3v) is 4.34. The van der Waals surface area contributed by atoms with Gasteiger partial charge in [-0.05, 0) is 25.2 Å². The van der Waals surface area contributed by atoms with Gasteiger partial charge in [-0.25, -0.2) is 4.98 Å². The molecule has 1 saturated carbocycles. The molecule has 0 aliphatic heterocycles. The lowest BCUT2D eigenvalue weighted by Crippen LogP contribution is -2.54. The number of H-pyrrole nitrogens is 1. The van der Waals surface area contributed by atoms with Gasteiger partial charge in [0.15, 0.2) is 5.16 Å². The van der Waals surface area contributed by atoms with Gasteiger partial charge in [-0.2, -0.15) is 5.10 Å². The molecule has 0 spiro atoms. The van der Waals surface area contributed by atoms with Gasteiger partial charge in [0.25, 0.3) is 0 Å². The maximum atomic E-state index is 11.4. The number of rotatable bonds is 5. The molecular formula is C10H17N5OS. The lowest BCUT2D eigenvalue weighted by Gasteiger charge is -2.27. The van der Waals surface area contributed by atoms with E-state index < -0.39 is 5.54 Å². The van der Waals surface area contributed by atoms with E-state index in [4.69, 9.17) is 11.5 Å². The summed E-state index contributed by atoms with van der Waals surface area (Å²) in [6, 6.07) is 0. The Morgan fingerprint density at radius 1 is 1.71 bits per heavy atom. The molecule has 0 radical (unpaired) electrons. The Bertz CT molecular complexity index is 382. The molecule has 1 aromatic heterocycles. The van der Waals surface area contributed by atoms with Crippen molar-refractivity contribution in [2.45, 2.75) is 36.4 Å². The number of carbonyl (C=O) groups is 1. The highest BCUT2D eigenvalue weighted by Crippen LogP contribution is 2.36. The minimum Gasteiger partial charge on any atom is -0.368 e. The smallest absolute Gasteiger partial charge is 0.237 e. The highest BCUT2D eigenvalue weighted by molar-refractivity contribution is 7.99. The zero-order valence-corrected chi connectivity index (χ0v) is 10.4. The molecule has 2 rings (SSSR count). The van der Waals surface area contributed by atoms with Crippen LogP contribution >= 0.6 is 11.8 Å². The fourth-order valence-corrected chi connectivity index (χ4v) is 3.23. The lowest BCUT2D eigenvalue weighted by atomic mass is 9.85. The molecule has 1 heterocycles. The largest absolute Gasteiger partial charge is 0.368 e. The number of hydrogen-bond acceptors (Lipinski definition) is 5. The van der Waals surface area contributed by atoms with Crippen LogP contribution in [0.15, 0.2) is 11.5 Å². The monoisotopic (exact) mass is 255 g/mol. The normalized spacial score (nSPS) is 28.4. The molecule has 0 saturated heterocycles. The van der Waals surface area contributed by atoms with Gasteiger partial charge in [-0.3, -0.25) is 9.89 Å². The van der Waals surface area contributed by atoms with Crippen molar-refractivity contribution in [1.29, 1.82) is 0 Å². The zero-order valence-electron chi connectivity index (χ0n) is 9.56. The van der Waals surface area contributed by atoms with Crippen LogP contribution in [0, 0.1) is 5.92 Å². The second-order valence-corrected chi connectivity index (χ2v) is 5.51. The molecule has 2 unspecified atom stereocenters. The first-order valence-corrected chi connectivity index (χ1v) is 6.68. The van der Waals surface area contributed by atoms with Gasteiger partial charge >= 0.3 is 0 Å². The molecule has 5 N–H and O–H groups in total. The third-order valence-electron chi connectivity index (χ3n) is 3.43. The summed E-state index contributed by atoms with van der Waals surface area (Å²) in [5, 5.41) is 7.35. The van der Waals surface area contributed by atoms with Crippen LogP contribution in [-0.4, -0.2) is 32.4 Å². The Hall–Kier alpha value is -1.08. The van der Waals surface area contributed by atoms with E-state index in [1.54, 1.807) is 11.8 Å². The van der Waals surface area contributed by atoms with E-state index >= 15 is 0 Å². The average Bonchev–Trinajstić information content (AvgIpc) is 2.90. The average molecular weight is 255 g/mol. The van der Waals surface area contributed by atoms with Gasteiger partial charge < -0.3 is 11.5 Å². The number of primary amides is 1. The van der Waals surface area contributed by atoms with E-state index in [0.29, 0.717) is 6.42 Å². The van der Waals surface area contributed by atoms with Crippen LogP contribution in [0.4, 0.5) is 0 Å². The number of nitrogens with two attached hydrogens (primary N) is 2. The van der Waals surface area contributed by atoms with Gasteiger partial charge in [-0.15, -0.1) is 0 Å². The number of aromatic nitrogens is 3. The zero-order chi connectivity index (χ0) is 12.3. The first-order valence-electron chi connectivity index (χ1n) is 5.70. The minimum atomic E-state index is -0.804. The molecule has 0 bridgehead atoms. The fraction of sp³-hybridized carbons (Fsp3) is 0.700. The molecular weight excluding hydrogens is 238 g/mol. The van der Waals surface area contributed by atoms with Gasteiger partial charge in [0.05, 0.1) is 5.54 Å². The predicted molar refractivity (Wildman–Crippen MR) is 65.2 cm³/mol. The van der Waals surface area contributed by atoms with Crippen molar-refractivity contribution in [3.8, 4) is 0 Å². The summed E-state index contributed by atoms with van der Waals surface area (Å²) in [7, 11) is 0. The standard InChI is InChI=1S/C10H17N5OS/c11-8(16)10(12)4-1-2-7(10)3-5-17-9-13-6-14-15-9/h6-7H,1-5,12H2,(H2,11,16)(H,13,14,15). The molecule has 1 aliphatic rings. The number of amides is 1. The van der Waals surface area contributed by atoms with E-state index in [0.717, 1.165) is 30.2 Å². The van der Waals surface area contributed by atoms with Crippen molar-refractivity contribution >= 4 is 17.7 Å². The predicted octanol–water partition coefficient (Wildman–Crippen LogP) is 0.270. The molecule has 1 aromatic rings. The van der Waals surface area contributed by atoms with E-state index in [9.17, 15) is 4.79 Å². The first-order chi connectivity index (χ1) is 8.13. The molecule has 94 valence electrons. The highest BCUT2D eigenvalue weighted by Gasteiger charge is 2.43. The third kappa shape index (κ3) is 2.61. The lowest BCUT2D eigenvalue weighted by molar-refractivity contribution is -0.124. The van der Waals surface area contributed by atoms with E-state index in [-0.39, 0.29) is 11.8 Å². The van der Waals surface area contributed by atoms with Gasteiger partial charge in [0.2, 0.25) is 5.91 Å². The van der Waals surface area contributed by atoms with Crippen molar-refractivity contribution < 1.29 is 4.79 Å². The molecule has 1 fully saturated rings. The number of nitrogens with one attached hydrogen (secondary N) is 1. The molecule has 17 heavy (non-hydrogen) atoms. The summed E-state index contributed by atoms with van der Waals surface area (Å²) >= 11 is 1.59. The van der Waals surface area contributed by atoms with E-state index in [1.165, 1.54) is 6.33 Å². The fourth-order valence-electron chi connectivity index (χ4n) is 2.39. The quantitative estimate of drug-likeness (QED) is 0.654. The Kier molecular flexibility index (Phi) is 3.68. The van der Waals surface area contributed by atoms with Crippen LogP contribution in [0.3, 0.4) is 0 Å². The van der Waals surface area contributed by atoms with Crippen LogP contribution in [0.1, 0.15) is 25.7 Å². The van der Waals surface area contributed by atoms with Crippen LogP contribution in [0.5, 0.6) is 0 Å². The van der Waals surface area contributed by atoms with Crippen molar-refractivity contribution in [2.24, 2.45) is 17.4 Å². The Morgan fingerprint density at radius 3 is 3.18 bits per heavy atom. The minimum absolute atomic E-state index is 0.190. The van der Waals surface area contributed by atoms with Gasteiger partial charge in [0.1, 0.15) is 6.33 Å². The summed E-state index contributed by atoms with van der Waals surface area (Å²) in [6.45, 7) is 0. The topological polar surface area (TPSA) is 111 Å². The number of nitrogens with zero attached hydrogens (tertiary/aromatic N) is 2. The van der Waals surface area contributed by atoms with Crippen LogP contribution < -0.4 is 11.5 Å². The number of thioether (sulfide) groups is 1. The first kappa shape index (κ1) is 12.4. The molecule has 7 heteroatoms. The SMILES string of the molecule is NC(=O)C1(N)CCCC1CCSc1ncn[nH]1. The van der Waals surface area contributed by atoms with Crippen molar-refractivity contribution in [1.82, 2.24) is 15.2 Å². The number of aromatic amines is 1. The van der Waals surface area contributed by atoms with Gasteiger partial charge in [0, 0.05) is 5.75 Å². The van der Waals surface area contributed by atoms with Crippen molar-refractivity contribution in [2.75, 3.05) is 5.75 Å². The summed E-state index contributed by atoms with van der Waals surface area (Å²) in [6.07, 6.45) is 5.03. The van der Waals surface area contributed by atoms with Crippen LogP contribution in [0.25, 0.3) is 0 Å². The molecule has 0 aromatic carbocycles.